The predicted molar refractivity (Wildman–Crippen MR) is 87.8 cm³/mol. The second kappa shape index (κ2) is 6.85. The molecule has 0 spiro atoms. The topological polar surface area (TPSA) is 108 Å². The number of esters is 1. The lowest BCUT2D eigenvalue weighted by atomic mass is 9.96. The van der Waals surface area contributed by atoms with Crippen LogP contribution in [0.2, 0.25) is 10.0 Å². The van der Waals surface area contributed by atoms with Crippen LogP contribution < -0.4 is 11.5 Å². The summed E-state index contributed by atoms with van der Waals surface area (Å²) in [5, 5.41) is 0.634. The number of carbonyl (C=O) groups excluding carboxylic acids is 2. The number of nitrogens with zero attached hydrogens (tertiary/aromatic N) is 1. The molecule has 0 unspecified atom stereocenters. The molecule has 0 radical (unpaired) electrons. The van der Waals surface area contributed by atoms with E-state index in [4.69, 9.17) is 39.4 Å². The molecule has 1 aromatic heterocycles. The predicted octanol–water partition coefficient (Wildman–Crippen LogP) is 2.45. The summed E-state index contributed by atoms with van der Waals surface area (Å²) < 4.78 is 4.74. The number of ether oxygens (including phenoxy) is 1. The highest BCUT2D eigenvalue weighted by Gasteiger charge is 2.20. The van der Waals surface area contributed by atoms with Crippen LogP contribution in [-0.4, -0.2) is 24.0 Å². The van der Waals surface area contributed by atoms with E-state index in [1.807, 2.05) is 0 Å². The molecular formula is C15H13Cl2N3O3. The van der Waals surface area contributed by atoms with E-state index in [1.165, 1.54) is 19.4 Å². The Bertz CT molecular complexity index is 794. The minimum Gasteiger partial charge on any atom is -0.465 e. The highest BCUT2D eigenvalue weighted by Crippen LogP contribution is 2.28. The van der Waals surface area contributed by atoms with E-state index in [2.05, 4.69) is 4.98 Å². The third kappa shape index (κ3) is 3.55. The molecule has 2 aromatic rings. The molecule has 0 aliphatic carbocycles. The van der Waals surface area contributed by atoms with E-state index < -0.39 is 11.9 Å². The highest BCUT2D eigenvalue weighted by molar-refractivity contribution is 6.32. The summed E-state index contributed by atoms with van der Waals surface area (Å²) >= 11 is 12.1. The number of hydrogen-bond donors (Lipinski definition) is 2. The summed E-state index contributed by atoms with van der Waals surface area (Å²) in [5.41, 5.74) is 12.3. The van der Waals surface area contributed by atoms with Gasteiger partial charge in [0.05, 0.1) is 23.3 Å². The number of amides is 1. The molecule has 1 amide bonds. The molecule has 0 atom stereocenters. The monoisotopic (exact) mass is 353 g/mol. The van der Waals surface area contributed by atoms with Gasteiger partial charge in [-0.25, -0.2) is 9.78 Å². The maximum absolute atomic E-state index is 11.9. The van der Waals surface area contributed by atoms with Crippen LogP contribution in [0, 0.1) is 0 Å². The Balaban J connectivity index is 2.60. The highest BCUT2D eigenvalue weighted by atomic mass is 35.5. The molecule has 1 heterocycles. The Morgan fingerprint density at radius 1 is 1.30 bits per heavy atom. The zero-order chi connectivity index (χ0) is 17.1. The molecule has 0 saturated heterocycles. The molecule has 0 fully saturated rings. The molecule has 6 nitrogen and oxygen atoms in total. The molecule has 1 aromatic carbocycles. The molecule has 0 saturated carbocycles. The zero-order valence-corrected chi connectivity index (χ0v) is 13.6. The van der Waals surface area contributed by atoms with E-state index in [9.17, 15) is 9.59 Å². The molecule has 2 rings (SSSR count). The van der Waals surface area contributed by atoms with Crippen molar-refractivity contribution in [3.05, 3.63) is 56.7 Å². The van der Waals surface area contributed by atoms with Crippen molar-refractivity contribution in [1.29, 1.82) is 0 Å². The number of methoxy groups -OCH3 is 1. The van der Waals surface area contributed by atoms with Crippen molar-refractivity contribution in [3.8, 4) is 0 Å². The van der Waals surface area contributed by atoms with E-state index >= 15 is 0 Å². The average Bonchev–Trinajstić information content (AvgIpc) is 2.50. The van der Waals surface area contributed by atoms with Gasteiger partial charge in [-0.15, -0.1) is 0 Å². The Morgan fingerprint density at radius 3 is 2.61 bits per heavy atom. The van der Waals surface area contributed by atoms with E-state index in [1.54, 1.807) is 12.1 Å². The third-order valence-corrected chi connectivity index (χ3v) is 3.81. The first-order valence-electron chi connectivity index (χ1n) is 6.44. The van der Waals surface area contributed by atoms with Gasteiger partial charge in [-0.05, 0) is 29.3 Å². The minimum absolute atomic E-state index is 0.0216. The van der Waals surface area contributed by atoms with Gasteiger partial charge in [-0.2, -0.15) is 0 Å². The van der Waals surface area contributed by atoms with Crippen LogP contribution in [0.3, 0.4) is 0 Å². The summed E-state index contributed by atoms with van der Waals surface area (Å²) in [6.07, 6.45) is 1.44. The number of primary amides is 1. The van der Waals surface area contributed by atoms with Crippen molar-refractivity contribution in [2.24, 2.45) is 5.73 Å². The number of aromatic nitrogens is 1. The molecule has 0 aliphatic heterocycles. The number of anilines is 1. The largest absolute Gasteiger partial charge is 0.465 e. The van der Waals surface area contributed by atoms with Gasteiger partial charge in [-0.3, -0.25) is 4.79 Å². The van der Waals surface area contributed by atoms with Crippen LogP contribution >= 0.6 is 23.2 Å². The number of hydrogen-bond acceptors (Lipinski definition) is 5. The van der Waals surface area contributed by atoms with Crippen molar-refractivity contribution in [1.82, 2.24) is 4.98 Å². The standard InChI is InChI=1S/C15H13Cl2N3O3/c1-23-15(22)9-3-2-8(16)4-7(9)5-10-11(17)6-20-13(18)12(10)14(19)21/h2-4,6H,5H2,1H3,(H2,18,20)(H2,19,21). The van der Waals surface area contributed by atoms with Crippen LogP contribution in [0.1, 0.15) is 31.8 Å². The summed E-state index contributed by atoms with van der Waals surface area (Å²) in [5.74, 6) is -1.32. The van der Waals surface area contributed by atoms with Crippen LogP contribution in [0.4, 0.5) is 5.82 Å². The number of carbonyl (C=O) groups is 2. The molecule has 8 heteroatoms. The number of pyridine rings is 1. The third-order valence-electron chi connectivity index (χ3n) is 3.25. The van der Waals surface area contributed by atoms with Gasteiger partial charge in [0.25, 0.3) is 5.91 Å². The van der Waals surface area contributed by atoms with E-state index in [0.29, 0.717) is 21.7 Å². The number of halogens is 2. The SMILES string of the molecule is COC(=O)c1ccc(Cl)cc1Cc1c(Cl)cnc(N)c1C(N)=O. The first-order valence-corrected chi connectivity index (χ1v) is 7.20. The van der Waals surface area contributed by atoms with Crippen LogP contribution in [-0.2, 0) is 11.2 Å². The van der Waals surface area contributed by atoms with Crippen molar-refractivity contribution in [3.63, 3.8) is 0 Å². The molecule has 120 valence electrons. The Hall–Kier alpha value is -2.31. The lowest BCUT2D eigenvalue weighted by molar-refractivity contribution is 0.0599. The maximum Gasteiger partial charge on any atom is 0.338 e. The normalized spacial score (nSPS) is 10.4. The number of nitrogens with two attached hydrogens (primary N) is 2. The van der Waals surface area contributed by atoms with Crippen molar-refractivity contribution in [2.75, 3.05) is 12.8 Å². The van der Waals surface area contributed by atoms with Crippen LogP contribution in [0.15, 0.2) is 24.4 Å². The molecule has 0 aliphatic rings. The zero-order valence-electron chi connectivity index (χ0n) is 12.1. The number of benzene rings is 1. The van der Waals surface area contributed by atoms with Gasteiger partial charge in [0, 0.05) is 17.6 Å². The fourth-order valence-corrected chi connectivity index (χ4v) is 2.60. The average molecular weight is 354 g/mol. The minimum atomic E-state index is -0.755. The Morgan fingerprint density at radius 2 is 2.00 bits per heavy atom. The van der Waals surface area contributed by atoms with Crippen molar-refractivity contribution in [2.45, 2.75) is 6.42 Å². The van der Waals surface area contributed by atoms with Gasteiger partial charge >= 0.3 is 5.97 Å². The van der Waals surface area contributed by atoms with Gasteiger partial charge in [0.1, 0.15) is 5.82 Å². The van der Waals surface area contributed by atoms with E-state index in [0.717, 1.165) is 0 Å². The Labute approximate surface area is 142 Å². The number of nitrogen functional groups attached to an aromatic ring is 1. The molecule has 0 bridgehead atoms. The summed E-state index contributed by atoms with van der Waals surface area (Å²) in [4.78, 5) is 27.4. The summed E-state index contributed by atoms with van der Waals surface area (Å²) in [6.45, 7) is 0. The van der Waals surface area contributed by atoms with Crippen molar-refractivity contribution < 1.29 is 14.3 Å². The van der Waals surface area contributed by atoms with Crippen LogP contribution in [0.25, 0.3) is 0 Å². The Kier molecular flexibility index (Phi) is 5.08. The van der Waals surface area contributed by atoms with Gasteiger partial charge in [0.2, 0.25) is 0 Å². The first kappa shape index (κ1) is 17.1. The maximum atomic E-state index is 11.9. The van der Waals surface area contributed by atoms with Crippen LogP contribution in [0.5, 0.6) is 0 Å². The van der Waals surface area contributed by atoms with E-state index in [-0.39, 0.29) is 22.8 Å². The second-order valence-corrected chi connectivity index (χ2v) is 5.52. The van der Waals surface area contributed by atoms with Gasteiger partial charge in [0.15, 0.2) is 0 Å². The number of rotatable bonds is 4. The fraction of sp³-hybridized carbons (Fsp3) is 0.133. The first-order chi connectivity index (χ1) is 10.8. The second-order valence-electron chi connectivity index (χ2n) is 4.68. The van der Waals surface area contributed by atoms with Gasteiger partial charge in [-0.1, -0.05) is 23.2 Å². The molecule has 4 N–H and O–H groups in total. The fourth-order valence-electron chi connectivity index (χ4n) is 2.20. The van der Waals surface area contributed by atoms with Gasteiger partial charge < -0.3 is 16.2 Å². The molecular weight excluding hydrogens is 341 g/mol. The lowest BCUT2D eigenvalue weighted by Gasteiger charge is -2.13. The summed E-state index contributed by atoms with van der Waals surface area (Å²) in [7, 11) is 1.27. The summed E-state index contributed by atoms with van der Waals surface area (Å²) in [6, 6.07) is 4.69. The van der Waals surface area contributed by atoms with Crippen molar-refractivity contribution >= 4 is 40.9 Å². The smallest absolute Gasteiger partial charge is 0.338 e. The lowest BCUT2D eigenvalue weighted by Crippen LogP contribution is -2.18. The quantitative estimate of drug-likeness (QED) is 0.820. The molecule has 23 heavy (non-hydrogen) atoms.